The number of amides is 1. The lowest BCUT2D eigenvalue weighted by Crippen LogP contribution is -2.15. The third-order valence-corrected chi connectivity index (χ3v) is 3.60. The molecule has 0 unspecified atom stereocenters. The molecular formula is C18H19NO4. The summed E-state index contributed by atoms with van der Waals surface area (Å²) in [6, 6.07) is 13.1. The predicted octanol–water partition coefficient (Wildman–Crippen LogP) is 3.04. The van der Waals surface area contributed by atoms with E-state index in [1.54, 1.807) is 13.2 Å². The van der Waals surface area contributed by atoms with E-state index in [4.69, 9.17) is 14.2 Å². The highest BCUT2D eigenvalue weighted by Gasteiger charge is 2.12. The number of aryl methyl sites for hydroxylation is 1. The van der Waals surface area contributed by atoms with Gasteiger partial charge in [-0.05, 0) is 36.2 Å². The number of methoxy groups -OCH3 is 1. The van der Waals surface area contributed by atoms with E-state index in [-0.39, 0.29) is 5.91 Å². The number of carbonyl (C=O) groups is 1. The van der Waals surface area contributed by atoms with Crippen LogP contribution in [0.5, 0.6) is 17.2 Å². The first kappa shape index (κ1) is 15.2. The van der Waals surface area contributed by atoms with Gasteiger partial charge in [0.2, 0.25) is 5.91 Å². The average molecular weight is 313 g/mol. The van der Waals surface area contributed by atoms with Crippen LogP contribution in [0.4, 0.5) is 5.69 Å². The summed E-state index contributed by atoms with van der Waals surface area (Å²) < 4.78 is 16.2. The van der Waals surface area contributed by atoms with Gasteiger partial charge in [-0.2, -0.15) is 0 Å². The van der Waals surface area contributed by atoms with Crippen LogP contribution in [0.15, 0.2) is 42.5 Å². The molecule has 23 heavy (non-hydrogen) atoms. The van der Waals surface area contributed by atoms with Crippen molar-refractivity contribution in [2.75, 3.05) is 25.6 Å². The molecule has 0 aromatic heterocycles. The summed E-state index contributed by atoms with van der Waals surface area (Å²) in [6.45, 7) is 1.14. The second-order valence-electron chi connectivity index (χ2n) is 5.26. The number of nitrogens with one attached hydrogen (secondary N) is 1. The second kappa shape index (κ2) is 7.05. The number of anilines is 1. The minimum atomic E-state index is -0.0341. The van der Waals surface area contributed by atoms with Crippen LogP contribution in [0, 0.1) is 0 Å². The molecule has 1 N–H and O–H groups in total. The highest BCUT2D eigenvalue weighted by molar-refractivity contribution is 5.91. The summed E-state index contributed by atoms with van der Waals surface area (Å²) in [6.07, 6.45) is 1.04. The van der Waals surface area contributed by atoms with Crippen LogP contribution < -0.4 is 19.5 Å². The van der Waals surface area contributed by atoms with Crippen molar-refractivity contribution in [3.8, 4) is 17.2 Å². The number of rotatable bonds is 5. The molecule has 3 rings (SSSR count). The summed E-state index contributed by atoms with van der Waals surface area (Å²) in [5.41, 5.74) is 1.78. The van der Waals surface area contributed by atoms with Gasteiger partial charge in [0, 0.05) is 18.2 Å². The Labute approximate surface area is 135 Å². The van der Waals surface area contributed by atoms with E-state index in [0.29, 0.717) is 26.1 Å². The monoisotopic (exact) mass is 313 g/mol. The van der Waals surface area contributed by atoms with Crippen LogP contribution in [-0.4, -0.2) is 26.2 Å². The number of carbonyl (C=O) groups excluding carboxylic acids is 1. The molecule has 1 aliphatic heterocycles. The normalized spacial score (nSPS) is 12.6. The molecule has 2 aromatic rings. The fourth-order valence-electron chi connectivity index (χ4n) is 2.43. The van der Waals surface area contributed by atoms with E-state index in [2.05, 4.69) is 5.32 Å². The number of hydrogen-bond donors (Lipinski definition) is 1. The summed E-state index contributed by atoms with van der Waals surface area (Å²) in [7, 11) is 1.60. The van der Waals surface area contributed by atoms with Gasteiger partial charge in [-0.1, -0.05) is 12.1 Å². The molecular weight excluding hydrogens is 294 g/mol. The fourth-order valence-corrected chi connectivity index (χ4v) is 2.43. The zero-order valence-corrected chi connectivity index (χ0v) is 13.0. The number of fused-ring (bicyclic) bond motifs is 1. The van der Waals surface area contributed by atoms with Gasteiger partial charge in [0.1, 0.15) is 19.0 Å². The van der Waals surface area contributed by atoms with Crippen molar-refractivity contribution in [3.05, 3.63) is 48.0 Å². The summed E-state index contributed by atoms with van der Waals surface area (Å²) in [4.78, 5) is 12.1. The molecule has 120 valence electrons. The van der Waals surface area contributed by atoms with E-state index in [0.717, 1.165) is 28.5 Å². The maximum absolute atomic E-state index is 12.1. The smallest absolute Gasteiger partial charge is 0.224 e. The lowest BCUT2D eigenvalue weighted by Gasteiger charge is -2.18. The van der Waals surface area contributed by atoms with Crippen molar-refractivity contribution >= 4 is 11.6 Å². The van der Waals surface area contributed by atoms with Gasteiger partial charge in [0.05, 0.1) is 7.11 Å². The summed E-state index contributed by atoms with van der Waals surface area (Å²) in [5, 5.41) is 2.87. The molecule has 2 aromatic carbocycles. The maximum Gasteiger partial charge on any atom is 0.224 e. The lowest BCUT2D eigenvalue weighted by molar-refractivity contribution is -0.116. The van der Waals surface area contributed by atoms with Gasteiger partial charge in [0.15, 0.2) is 11.5 Å². The standard InChI is InChI=1S/C18H19NO4/c1-21-15-4-2-3-14(12-15)19-18(20)8-6-13-5-7-16-17(11-13)23-10-9-22-16/h2-5,7,11-12H,6,8-10H2,1H3,(H,19,20). The van der Waals surface area contributed by atoms with Gasteiger partial charge >= 0.3 is 0 Å². The Balaban J connectivity index is 1.56. The quantitative estimate of drug-likeness (QED) is 0.922. The Morgan fingerprint density at radius 2 is 1.96 bits per heavy atom. The van der Waals surface area contributed by atoms with E-state index in [9.17, 15) is 4.79 Å². The molecule has 0 fully saturated rings. The van der Waals surface area contributed by atoms with E-state index in [1.165, 1.54) is 0 Å². The molecule has 0 aliphatic carbocycles. The average Bonchev–Trinajstić information content (AvgIpc) is 2.60. The van der Waals surface area contributed by atoms with Crippen molar-refractivity contribution < 1.29 is 19.0 Å². The molecule has 0 atom stereocenters. The molecule has 0 saturated carbocycles. The highest BCUT2D eigenvalue weighted by atomic mass is 16.6. The van der Waals surface area contributed by atoms with Gasteiger partial charge in [-0.25, -0.2) is 0 Å². The first-order chi connectivity index (χ1) is 11.2. The van der Waals surface area contributed by atoms with Gasteiger partial charge in [0.25, 0.3) is 0 Å². The van der Waals surface area contributed by atoms with E-state index < -0.39 is 0 Å². The summed E-state index contributed by atoms with van der Waals surface area (Å²) in [5.74, 6) is 2.20. The van der Waals surface area contributed by atoms with Gasteiger partial charge in [-0.3, -0.25) is 4.79 Å². The zero-order chi connectivity index (χ0) is 16.1. The third-order valence-electron chi connectivity index (χ3n) is 3.60. The molecule has 0 saturated heterocycles. The van der Waals surface area contributed by atoms with E-state index >= 15 is 0 Å². The molecule has 1 aliphatic rings. The summed E-state index contributed by atoms with van der Waals surface area (Å²) >= 11 is 0. The Hall–Kier alpha value is -2.69. The molecule has 5 heteroatoms. The highest BCUT2D eigenvalue weighted by Crippen LogP contribution is 2.31. The predicted molar refractivity (Wildman–Crippen MR) is 87.4 cm³/mol. The third kappa shape index (κ3) is 3.94. The molecule has 1 heterocycles. The van der Waals surface area contributed by atoms with Crippen molar-refractivity contribution in [3.63, 3.8) is 0 Å². The van der Waals surface area contributed by atoms with Crippen molar-refractivity contribution in [1.82, 2.24) is 0 Å². The minimum Gasteiger partial charge on any atom is -0.497 e. The Morgan fingerprint density at radius 1 is 1.13 bits per heavy atom. The van der Waals surface area contributed by atoms with Crippen molar-refractivity contribution in [2.24, 2.45) is 0 Å². The molecule has 0 radical (unpaired) electrons. The maximum atomic E-state index is 12.1. The van der Waals surface area contributed by atoms with Crippen molar-refractivity contribution in [2.45, 2.75) is 12.8 Å². The number of hydrogen-bond acceptors (Lipinski definition) is 4. The first-order valence-electron chi connectivity index (χ1n) is 7.57. The van der Waals surface area contributed by atoms with Crippen LogP contribution in [0.25, 0.3) is 0 Å². The first-order valence-corrected chi connectivity index (χ1v) is 7.57. The van der Waals surface area contributed by atoms with Crippen LogP contribution in [0.2, 0.25) is 0 Å². The number of ether oxygens (including phenoxy) is 3. The second-order valence-corrected chi connectivity index (χ2v) is 5.26. The molecule has 1 amide bonds. The van der Waals surface area contributed by atoms with Crippen LogP contribution in [0.1, 0.15) is 12.0 Å². The molecule has 0 spiro atoms. The Morgan fingerprint density at radius 3 is 2.78 bits per heavy atom. The topological polar surface area (TPSA) is 56.8 Å². The van der Waals surface area contributed by atoms with Crippen LogP contribution >= 0.6 is 0 Å². The van der Waals surface area contributed by atoms with E-state index in [1.807, 2.05) is 36.4 Å². The molecule has 0 bridgehead atoms. The number of benzene rings is 2. The van der Waals surface area contributed by atoms with Crippen LogP contribution in [-0.2, 0) is 11.2 Å². The Kier molecular flexibility index (Phi) is 4.66. The van der Waals surface area contributed by atoms with Gasteiger partial charge in [-0.15, -0.1) is 0 Å². The SMILES string of the molecule is COc1cccc(NC(=O)CCc2ccc3c(c2)OCCO3)c1. The largest absolute Gasteiger partial charge is 0.497 e. The lowest BCUT2D eigenvalue weighted by atomic mass is 10.1. The van der Waals surface area contributed by atoms with Crippen molar-refractivity contribution in [1.29, 1.82) is 0 Å². The zero-order valence-electron chi connectivity index (χ0n) is 13.0. The van der Waals surface area contributed by atoms with Crippen LogP contribution in [0.3, 0.4) is 0 Å². The molecule has 5 nitrogen and oxygen atoms in total. The minimum absolute atomic E-state index is 0.0341. The Bertz CT molecular complexity index is 699. The van der Waals surface area contributed by atoms with Gasteiger partial charge < -0.3 is 19.5 Å². The fraction of sp³-hybridized carbons (Fsp3) is 0.278.